The van der Waals surface area contributed by atoms with E-state index in [9.17, 15) is 24.5 Å². The van der Waals surface area contributed by atoms with Gasteiger partial charge >= 0.3 is 11.7 Å². The predicted molar refractivity (Wildman–Crippen MR) is 99.6 cm³/mol. The fraction of sp³-hybridized carbons (Fsp3) is 0.421. The minimum Gasteiger partial charge on any atom is -0.456 e. The van der Waals surface area contributed by atoms with Crippen LogP contribution < -0.4 is 11.2 Å². The number of non-ortho nitro benzene ring substituents is 1. The molecule has 10 nitrogen and oxygen atoms in total. The van der Waals surface area contributed by atoms with Gasteiger partial charge in [-0.05, 0) is 44.2 Å². The molecule has 1 saturated carbocycles. The number of nitrogens with zero attached hydrogens (tertiary/aromatic N) is 2. The van der Waals surface area contributed by atoms with Crippen LogP contribution in [0, 0.1) is 23.0 Å². The standard InChI is InChI=1S/C19H19N3O7/c1-10-9-21(19(25)20-17(10)23)15-8-12-4-7-14(16(12)29-15)28-18(24)11-2-5-13(6-3-11)22(26)27/h2-3,5-6,9,12,14-16H,4,7-8H2,1H3,(H,20,23,25)/t12-,14?,15+,16+/m1/s1. The summed E-state index contributed by atoms with van der Waals surface area (Å²) in [6.45, 7) is 1.61. The zero-order chi connectivity index (χ0) is 20.7. The first kappa shape index (κ1) is 19.1. The van der Waals surface area contributed by atoms with Crippen molar-refractivity contribution in [2.24, 2.45) is 5.92 Å². The summed E-state index contributed by atoms with van der Waals surface area (Å²) >= 11 is 0. The lowest BCUT2D eigenvalue weighted by molar-refractivity contribution is -0.384. The van der Waals surface area contributed by atoms with Crippen molar-refractivity contribution in [3.63, 3.8) is 0 Å². The first-order chi connectivity index (χ1) is 13.8. The molecule has 1 aromatic carbocycles. The summed E-state index contributed by atoms with van der Waals surface area (Å²) in [7, 11) is 0. The van der Waals surface area contributed by atoms with E-state index in [2.05, 4.69) is 4.98 Å². The van der Waals surface area contributed by atoms with Crippen molar-refractivity contribution in [3.8, 4) is 0 Å². The molecule has 1 unspecified atom stereocenters. The molecule has 1 N–H and O–H groups in total. The number of esters is 1. The number of nitro benzene ring substituents is 1. The van der Waals surface area contributed by atoms with Crippen molar-refractivity contribution in [1.29, 1.82) is 0 Å². The molecule has 1 aromatic heterocycles. The molecule has 2 aliphatic rings. The number of hydrogen-bond donors (Lipinski definition) is 1. The summed E-state index contributed by atoms with van der Waals surface area (Å²) in [5, 5.41) is 10.7. The quantitative estimate of drug-likeness (QED) is 0.468. The van der Waals surface area contributed by atoms with Crippen LogP contribution in [-0.2, 0) is 9.47 Å². The van der Waals surface area contributed by atoms with Crippen molar-refractivity contribution in [2.75, 3.05) is 0 Å². The number of carbonyl (C=O) groups is 1. The van der Waals surface area contributed by atoms with E-state index >= 15 is 0 Å². The molecule has 0 spiro atoms. The van der Waals surface area contributed by atoms with Gasteiger partial charge in [0.05, 0.1) is 10.5 Å². The van der Waals surface area contributed by atoms with Gasteiger partial charge in [0.15, 0.2) is 0 Å². The smallest absolute Gasteiger partial charge is 0.338 e. The first-order valence-electron chi connectivity index (χ1n) is 9.26. The number of carbonyl (C=O) groups excluding carboxylic acids is 1. The molecule has 1 aliphatic carbocycles. The number of ether oxygens (including phenoxy) is 2. The zero-order valence-corrected chi connectivity index (χ0v) is 15.6. The van der Waals surface area contributed by atoms with Gasteiger partial charge in [-0.2, -0.15) is 0 Å². The topological polar surface area (TPSA) is 134 Å². The van der Waals surface area contributed by atoms with Gasteiger partial charge in [-0.1, -0.05) is 0 Å². The molecule has 0 radical (unpaired) electrons. The number of nitro groups is 1. The summed E-state index contributed by atoms with van der Waals surface area (Å²) in [6.07, 6.45) is 2.14. The Morgan fingerprint density at radius 1 is 1.28 bits per heavy atom. The Bertz CT molecular complexity index is 1070. The van der Waals surface area contributed by atoms with Gasteiger partial charge in [-0.25, -0.2) is 9.59 Å². The van der Waals surface area contributed by atoms with E-state index in [0.717, 1.165) is 6.42 Å². The van der Waals surface area contributed by atoms with Crippen LogP contribution in [0.15, 0.2) is 40.1 Å². The third kappa shape index (κ3) is 3.58. The van der Waals surface area contributed by atoms with Gasteiger partial charge in [0.2, 0.25) is 0 Å². The monoisotopic (exact) mass is 401 g/mol. The Balaban J connectivity index is 1.46. The second-order valence-corrected chi connectivity index (χ2v) is 7.35. The lowest BCUT2D eigenvalue weighted by atomic mass is 10.0. The molecule has 0 amide bonds. The van der Waals surface area contributed by atoms with Crippen molar-refractivity contribution >= 4 is 11.7 Å². The van der Waals surface area contributed by atoms with E-state index in [1.165, 1.54) is 35.0 Å². The van der Waals surface area contributed by atoms with E-state index in [4.69, 9.17) is 9.47 Å². The molecular weight excluding hydrogens is 382 g/mol. The van der Waals surface area contributed by atoms with Crippen LogP contribution in [0.4, 0.5) is 5.69 Å². The second kappa shape index (κ2) is 7.28. The third-order valence-electron chi connectivity index (χ3n) is 5.50. The molecular formula is C19H19N3O7. The average Bonchev–Trinajstić information content (AvgIpc) is 3.26. The van der Waals surface area contributed by atoms with E-state index in [1.807, 2.05) is 0 Å². The van der Waals surface area contributed by atoms with Gasteiger partial charge in [0.25, 0.3) is 11.2 Å². The number of rotatable bonds is 4. The molecule has 1 aliphatic heterocycles. The summed E-state index contributed by atoms with van der Waals surface area (Å²) in [4.78, 5) is 48.5. The van der Waals surface area contributed by atoms with Crippen molar-refractivity contribution in [1.82, 2.24) is 9.55 Å². The van der Waals surface area contributed by atoms with Gasteiger partial charge in [0, 0.05) is 23.9 Å². The number of benzene rings is 1. The minimum atomic E-state index is -0.574. The molecule has 4 atom stereocenters. The minimum absolute atomic E-state index is 0.105. The number of aromatic amines is 1. The number of hydrogen-bond acceptors (Lipinski definition) is 7. The van der Waals surface area contributed by atoms with E-state index in [-0.39, 0.29) is 23.3 Å². The van der Waals surface area contributed by atoms with E-state index in [1.54, 1.807) is 6.92 Å². The van der Waals surface area contributed by atoms with Crippen LogP contribution in [-0.4, -0.2) is 32.7 Å². The normalized spacial score (nSPS) is 25.6. The number of nitrogens with one attached hydrogen (secondary N) is 1. The molecule has 29 heavy (non-hydrogen) atoms. The molecule has 152 valence electrons. The van der Waals surface area contributed by atoms with Crippen LogP contribution in [0.2, 0.25) is 0 Å². The summed E-state index contributed by atoms with van der Waals surface area (Å²) in [5.41, 5.74) is -0.442. The maximum atomic E-state index is 12.4. The highest BCUT2D eigenvalue weighted by Crippen LogP contribution is 2.44. The Labute approximate surface area is 164 Å². The number of fused-ring (bicyclic) bond motifs is 1. The van der Waals surface area contributed by atoms with Gasteiger partial charge in [-0.3, -0.25) is 24.5 Å². The number of aryl methyl sites for hydroxylation is 1. The fourth-order valence-corrected chi connectivity index (χ4v) is 3.99. The maximum absolute atomic E-state index is 12.4. The highest BCUT2D eigenvalue weighted by molar-refractivity contribution is 5.89. The lowest BCUT2D eigenvalue weighted by Crippen LogP contribution is -2.34. The highest BCUT2D eigenvalue weighted by atomic mass is 16.6. The number of aromatic nitrogens is 2. The molecule has 0 bridgehead atoms. The van der Waals surface area contributed by atoms with Crippen LogP contribution in [0.5, 0.6) is 0 Å². The molecule has 4 rings (SSSR count). The maximum Gasteiger partial charge on any atom is 0.338 e. The first-order valence-corrected chi connectivity index (χ1v) is 9.26. The summed E-state index contributed by atoms with van der Waals surface area (Å²) < 4.78 is 13.0. The van der Waals surface area contributed by atoms with Crippen molar-refractivity contribution < 1.29 is 19.2 Å². The summed E-state index contributed by atoms with van der Waals surface area (Å²) in [6, 6.07) is 5.21. The van der Waals surface area contributed by atoms with Gasteiger partial charge < -0.3 is 9.47 Å². The third-order valence-corrected chi connectivity index (χ3v) is 5.50. The zero-order valence-electron chi connectivity index (χ0n) is 15.6. The van der Waals surface area contributed by atoms with Crippen LogP contribution in [0.25, 0.3) is 0 Å². The molecule has 1 saturated heterocycles. The Morgan fingerprint density at radius 2 is 2.00 bits per heavy atom. The SMILES string of the molecule is Cc1cn([C@@H]2C[C@H]3CCC(OC(=O)c4ccc([N+](=O)[O-])cc4)[C@H]3O2)c(=O)[nH]c1=O. The van der Waals surface area contributed by atoms with Gasteiger partial charge in [-0.15, -0.1) is 0 Å². The van der Waals surface area contributed by atoms with E-state index < -0.39 is 34.5 Å². The lowest BCUT2D eigenvalue weighted by Gasteiger charge is -2.21. The van der Waals surface area contributed by atoms with Crippen LogP contribution in [0.1, 0.15) is 41.4 Å². The van der Waals surface area contributed by atoms with Crippen LogP contribution >= 0.6 is 0 Å². The van der Waals surface area contributed by atoms with Gasteiger partial charge in [0.1, 0.15) is 18.4 Å². The van der Waals surface area contributed by atoms with Crippen molar-refractivity contribution in [2.45, 2.75) is 44.6 Å². The summed E-state index contributed by atoms with van der Waals surface area (Å²) in [5.74, 6) is -0.441. The second-order valence-electron chi connectivity index (χ2n) is 7.35. The average molecular weight is 401 g/mol. The largest absolute Gasteiger partial charge is 0.456 e. The number of H-pyrrole nitrogens is 1. The fourth-order valence-electron chi connectivity index (χ4n) is 3.99. The van der Waals surface area contributed by atoms with Crippen LogP contribution in [0.3, 0.4) is 0 Å². The Kier molecular flexibility index (Phi) is 4.79. The highest BCUT2D eigenvalue weighted by Gasteiger charge is 2.47. The molecule has 2 fully saturated rings. The predicted octanol–water partition coefficient (Wildman–Crippen LogP) is 1.68. The Hall–Kier alpha value is -3.27. The molecule has 10 heteroatoms. The van der Waals surface area contributed by atoms with E-state index in [0.29, 0.717) is 18.4 Å². The van der Waals surface area contributed by atoms with Crippen molar-refractivity contribution in [3.05, 3.63) is 72.5 Å². The molecule has 2 aromatic rings. The Morgan fingerprint density at radius 3 is 2.69 bits per heavy atom. The molecule has 2 heterocycles.